The van der Waals surface area contributed by atoms with Crippen molar-refractivity contribution in [3.8, 4) is 0 Å². The molecule has 1 aromatic heterocycles. The van der Waals surface area contributed by atoms with Crippen LogP contribution in [-0.2, 0) is 0 Å². The Balaban J connectivity index is 1.85. The molecule has 0 saturated heterocycles. The first-order valence-corrected chi connectivity index (χ1v) is 6.33. The number of nitrogens with zero attached hydrogens (tertiary/aromatic N) is 1. The predicted molar refractivity (Wildman–Crippen MR) is 68.8 cm³/mol. The molecular weight excluding hydrogens is 198 g/mol. The Kier molecular flexibility index (Phi) is 4.03. The van der Waals surface area contributed by atoms with Crippen molar-refractivity contribution in [3.05, 3.63) is 18.2 Å². The van der Waals surface area contributed by atoms with Gasteiger partial charge in [-0.05, 0) is 37.8 Å². The van der Waals surface area contributed by atoms with E-state index in [1.807, 2.05) is 18.2 Å². The van der Waals surface area contributed by atoms with E-state index in [1.165, 1.54) is 25.7 Å². The molecule has 1 aliphatic rings. The molecular formula is C13H21N3. The first-order valence-electron chi connectivity index (χ1n) is 6.33. The quantitative estimate of drug-likeness (QED) is 0.799. The minimum absolute atomic E-state index is 0.851. The number of anilines is 2. The number of hydrogen-bond acceptors (Lipinski definition) is 3. The minimum Gasteiger partial charge on any atom is -0.370 e. The summed E-state index contributed by atoms with van der Waals surface area (Å²) in [6.07, 6.45) is 5.55. The molecule has 1 aliphatic carbocycles. The average molecular weight is 219 g/mol. The highest BCUT2D eigenvalue weighted by Gasteiger charge is 2.14. The Morgan fingerprint density at radius 2 is 1.88 bits per heavy atom. The fourth-order valence-electron chi connectivity index (χ4n) is 2.28. The fourth-order valence-corrected chi connectivity index (χ4v) is 2.28. The van der Waals surface area contributed by atoms with Crippen LogP contribution in [0.5, 0.6) is 0 Å². The first kappa shape index (κ1) is 11.2. The van der Waals surface area contributed by atoms with E-state index in [4.69, 9.17) is 0 Å². The van der Waals surface area contributed by atoms with Gasteiger partial charge in [0.05, 0.1) is 0 Å². The van der Waals surface area contributed by atoms with E-state index in [2.05, 4.69) is 22.5 Å². The molecule has 0 bridgehead atoms. The molecule has 2 N–H and O–H groups in total. The Morgan fingerprint density at radius 1 is 1.19 bits per heavy atom. The molecule has 0 unspecified atom stereocenters. The zero-order valence-electron chi connectivity index (χ0n) is 10.00. The smallest absolute Gasteiger partial charge is 0.128 e. The van der Waals surface area contributed by atoms with Crippen molar-refractivity contribution in [2.24, 2.45) is 5.92 Å². The molecule has 16 heavy (non-hydrogen) atoms. The molecule has 1 aromatic rings. The minimum atomic E-state index is 0.851. The monoisotopic (exact) mass is 219 g/mol. The summed E-state index contributed by atoms with van der Waals surface area (Å²) in [6.45, 7) is 4.07. The molecule has 0 amide bonds. The van der Waals surface area contributed by atoms with Crippen molar-refractivity contribution in [2.45, 2.75) is 32.6 Å². The zero-order chi connectivity index (χ0) is 11.2. The Bertz CT molecular complexity index is 319. The summed E-state index contributed by atoms with van der Waals surface area (Å²) in [6, 6.07) is 6.09. The summed E-state index contributed by atoms with van der Waals surface area (Å²) < 4.78 is 0. The van der Waals surface area contributed by atoms with E-state index >= 15 is 0 Å². The lowest BCUT2D eigenvalue weighted by atomic mass is 10.1. The molecule has 1 fully saturated rings. The lowest BCUT2D eigenvalue weighted by molar-refractivity contribution is 0.579. The van der Waals surface area contributed by atoms with E-state index in [0.29, 0.717) is 0 Å². The van der Waals surface area contributed by atoms with Crippen LogP contribution in [0.3, 0.4) is 0 Å². The van der Waals surface area contributed by atoms with Crippen molar-refractivity contribution in [1.29, 1.82) is 0 Å². The van der Waals surface area contributed by atoms with E-state index in [0.717, 1.165) is 30.6 Å². The summed E-state index contributed by atoms with van der Waals surface area (Å²) in [7, 11) is 0. The third kappa shape index (κ3) is 3.12. The molecule has 3 heteroatoms. The summed E-state index contributed by atoms with van der Waals surface area (Å²) in [5, 5.41) is 6.66. The van der Waals surface area contributed by atoms with Crippen LogP contribution in [0.15, 0.2) is 18.2 Å². The number of hydrogen-bond donors (Lipinski definition) is 2. The van der Waals surface area contributed by atoms with Crippen LogP contribution in [0.25, 0.3) is 0 Å². The van der Waals surface area contributed by atoms with Gasteiger partial charge in [-0.15, -0.1) is 0 Å². The van der Waals surface area contributed by atoms with Gasteiger partial charge in [0.25, 0.3) is 0 Å². The molecule has 0 aliphatic heterocycles. The van der Waals surface area contributed by atoms with E-state index < -0.39 is 0 Å². The summed E-state index contributed by atoms with van der Waals surface area (Å²) >= 11 is 0. The summed E-state index contributed by atoms with van der Waals surface area (Å²) in [5.74, 6) is 2.80. The Labute approximate surface area is 97.7 Å². The maximum atomic E-state index is 4.50. The van der Waals surface area contributed by atoms with Gasteiger partial charge in [-0.2, -0.15) is 0 Å². The molecule has 0 atom stereocenters. The predicted octanol–water partition coefficient (Wildman–Crippen LogP) is 3.12. The van der Waals surface area contributed by atoms with Crippen molar-refractivity contribution < 1.29 is 0 Å². The SMILES string of the molecule is CCNc1cccc(NCC2CCCC2)n1. The highest BCUT2D eigenvalue weighted by atomic mass is 15.1. The van der Waals surface area contributed by atoms with Gasteiger partial charge in [-0.3, -0.25) is 0 Å². The maximum Gasteiger partial charge on any atom is 0.128 e. The number of nitrogens with one attached hydrogen (secondary N) is 2. The van der Waals surface area contributed by atoms with Crippen LogP contribution in [0.2, 0.25) is 0 Å². The Hall–Kier alpha value is -1.25. The van der Waals surface area contributed by atoms with Gasteiger partial charge in [-0.1, -0.05) is 18.9 Å². The van der Waals surface area contributed by atoms with E-state index in [1.54, 1.807) is 0 Å². The maximum absolute atomic E-state index is 4.50. The van der Waals surface area contributed by atoms with E-state index in [-0.39, 0.29) is 0 Å². The molecule has 0 spiro atoms. The molecule has 2 rings (SSSR count). The van der Waals surface area contributed by atoms with Gasteiger partial charge >= 0.3 is 0 Å². The average Bonchev–Trinajstić information content (AvgIpc) is 2.80. The van der Waals surface area contributed by atoms with Crippen LogP contribution >= 0.6 is 0 Å². The van der Waals surface area contributed by atoms with Crippen LogP contribution in [0, 0.1) is 5.92 Å². The summed E-state index contributed by atoms with van der Waals surface area (Å²) in [4.78, 5) is 4.50. The van der Waals surface area contributed by atoms with Crippen LogP contribution in [0.4, 0.5) is 11.6 Å². The second-order valence-corrected chi connectivity index (χ2v) is 4.47. The van der Waals surface area contributed by atoms with Crippen molar-refractivity contribution in [2.75, 3.05) is 23.7 Å². The largest absolute Gasteiger partial charge is 0.370 e. The van der Waals surface area contributed by atoms with Gasteiger partial charge in [-0.25, -0.2) is 4.98 Å². The van der Waals surface area contributed by atoms with Gasteiger partial charge in [0.15, 0.2) is 0 Å². The molecule has 3 nitrogen and oxygen atoms in total. The molecule has 0 radical (unpaired) electrons. The topological polar surface area (TPSA) is 37.0 Å². The second kappa shape index (κ2) is 5.73. The summed E-state index contributed by atoms with van der Waals surface area (Å²) in [5.41, 5.74) is 0. The molecule has 0 aromatic carbocycles. The van der Waals surface area contributed by atoms with Gasteiger partial charge in [0.1, 0.15) is 11.6 Å². The van der Waals surface area contributed by atoms with Crippen molar-refractivity contribution in [1.82, 2.24) is 4.98 Å². The van der Waals surface area contributed by atoms with Crippen molar-refractivity contribution in [3.63, 3.8) is 0 Å². The highest BCUT2D eigenvalue weighted by molar-refractivity contribution is 5.44. The van der Waals surface area contributed by atoms with Gasteiger partial charge < -0.3 is 10.6 Å². The fraction of sp³-hybridized carbons (Fsp3) is 0.615. The Morgan fingerprint density at radius 3 is 2.56 bits per heavy atom. The zero-order valence-corrected chi connectivity index (χ0v) is 10.00. The van der Waals surface area contributed by atoms with Gasteiger partial charge in [0.2, 0.25) is 0 Å². The molecule has 1 heterocycles. The lowest BCUT2D eigenvalue weighted by Gasteiger charge is -2.12. The van der Waals surface area contributed by atoms with Crippen LogP contribution in [0.1, 0.15) is 32.6 Å². The molecule has 88 valence electrons. The second-order valence-electron chi connectivity index (χ2n) is 4.47. The van der Waals surface area contributed by atoms with Crippen LogP contribution < -0.4 is 10.6 Å². The van der Waals surface area contributed by atoms with Crippen LogP contribution in [-0.4, -0.2) is 18.1 Å². The third-order valence-electron chi connectivity index (χ3n) is 3.15. The number of aromatic nitrogens is 1. The number of rotatable bonds is 5. The lowest BCUT2D eigenvalue weighted by Crippen LogP contribution is -2.12. The third-order valence-corrected chi connectivity index (χ3v) is 3.15. The van der Waals surface area contributed by atoms with Gasteiger partial charge in [0, 0.05) is 13.1 Å². The first-order chi connectivity index (χ1) is 7.88. The normalized spacial score (nSPS) is 16.3. The van der Waals surface area contributed by atoms with Crippen molar-refractivity contribution >= 4 is 11.6 Å². The molecule has 1 saturated carbocycles. The van der Waals surface area contributed by atoms with E-state index in [9.17, 15) is 0 Å². The number of pyridine rings is 1. The highest BCUT2D eigenvalue weighted by Crippen LogP contribution is 2.24. The standard InChI is InChI=1S/C13H21N3/c1-2-14-12-8-5-9-13(16-12)15-10-11-6-3-4-7-11/h5,8-9,11H,2-4,6-7,10H2,1H3,(H2,14,15,16).